The minimum atomic E-state index is 0.434. The van der Waals surface area contributed by atoms with E-state index in [4.69, 9.17) is 15.5 Å². The van der Waals surface area contributed by atoms with E-state index in [0.717, 1.165) is 41.2 Å². The van der Waals surface area contributed by atoms with Crippen molar-refractivity contribution in [1.29, 1.82) is 0 Å². The van der Waals surface area contributed by atoms with Gasteiger partial charge in [-0.2, -0.15) is 0 Å². The second kappa shape index (κ2) is 6.62. The third kappa shape index (κ3) is 2.70. The van der Waals surface area contributed by atoms with Crippen molar-refractivity contribution in [3.05, 3.63) is 54.4 Å². The molecule has 3 rings (SSSR count). The van der Waals surface area contributed by atoms with E-state index in [1.807, 2.05) is 40.9 Å². The normalized spacial score (nSPS) is 11.0. The Labute approximate surface area is 130 Å². The van der Waals surface area contributed by atoms with Gasteiger partial charge in [0.2, 0.25) is 0 Å². The number of benzene rings is 1. The van der Waals surface area contributed by atoms with Crippen molar-refractivity contribution in [1.82, 2.24) is 9.38 Å². The van der Waals surface area contributed by atoms with Crippen molar-refractivity contribution in [3.63, 3.8) is 0 Å². The molecule has 2 heterocycles. The Kier molecular flexibility index (Phi) is 4.39. The van der Waals surface area contributed by atoms with E-state index in [1.165, 1.54) is 0 Å². The summed E-state index contributed by atoms with van der Waals surface area (Å²) >= 11 is 0. The van der Waals surface area contributed by atoms with Crippen LogP contribution in [0.4, 0.5) is 0 Å². The molecule has 2 aromatic heterocycles. The number of hydrogen-bond donors (Lipinski definition) is 1. The number of ether oxygens (including phenoxy) is 1. The van der Waals surface area contributed by atoms with Crippen LogP contribution in [-0.2, 0) is 6.54 Å². The average Bonchev–Trinajstić information content (AvgIpc) is 2.95. The van der Waals surface area contributed by atoms with Crippen LogP contribution in [0, 0.1) is 0 Å². The van der Waals surface area contributed by atoms with Gasteiger partial charge in [-0.25, -0.2) is 4.98 Å². The molecule has 0 aliphatic heterocycles. The standard InChI is InChI=1S/C18H21N3O/c1-2-3-12-22-16-10-7-11-21-15(13-19)17(20-18(16)21)14-8-5-4-6-9-14/h4-11H,2-3,12-13,19H2,1H3. The van der Waals surface area contributed by atoms with Crippen molar-refractivity contribution in [2.45, 2.75) is 26.3 Å². The van der Waals surface area contributed by atoms with E-state index in [2.05, 4.69) is 19.1 Å². The van der Waals surface area contributed by atoms with Crippen LogP contribution < -0.4 is 10.5 Å². The minimum absolute atomic E-state index is 0.434. The summed E-state index contributed by atoms with van der Waals surface area (Å²) in [5.74, 6) is 0.813. The summed E-state index contributed by atoms with van der Waals surface area (Å²) in [6, 6.07) is 14.1. The maximum atomic E-state index is 5.97. The highest BCUT2D eigenvalue weighted by atomic mass is 16.5. The minimum Gasteiger partial charge on any atom is -0.490 e. The first-order valence-corrected chi connectivity index (χ1v) is 7.73. The summed E-state index contributed by atoms with van der Waals surface area (Å²) in [6.45, 7) is 3.30. The predicted molar refractivity (Wildman–Crippen MR) is 88.9 cm³/mol. The van der Waals surface area contributed by atoms with Crippen LogP contribution in [0.3, 0.4) is 0 Å². The molecule has 22 heavy (non-hydrogen) atoms. The van der Waals surface area contributed by atoms with Gasteiger partial charge in [0.15, 0.2) is 11.4 Å². The van der Waals surface area contributed by atoms with Gasteiger partial charge in [-0.05, 0) is 18.6 Å². The number of imidazole rings is 1. The fourth-order valence-electron chi connectivity index (χ4n) is 2.55. The van der Waals surface area contributed by atoms with Crippen molar-refractivity contribution in [3.8, 4) is 17.0 Å². The fourth-order valence-corrected chi connectivity index (χ4v) is 2.55. The molecule has 0 bridgehead atoms. The second-order valence-corrected chi connectivity index (χ2v) is 5.25. The number of aromatic nitrogens is 2. The monoisotopic (exact) mass is 295 g/mol. The van der Waals surface area contributed by atoms with Gasteiger partial charge in [0.05, 0.1) is 18.0 Å². The van der Waals surface area contributed by atoms with Crippen LogP contribution in [-0.4, -0.2) is 16.0 Å². The summed E-state index contributed by atoms with van der Waals surface area (Å²) < 4.78 is 7.92. The molecule has 2 N–H and O–H groups in total. The smallest absolute Gasteiger partial charge is 0.180 e. The molecule has 0 saturated carbocycles. The molecule has 3 aromatic rings. The Bertz CT molecular complexity index is 750. The Hall–Kier alpha value is -2.33. The largest absolute Gasteiger partial charge is 0.490 e. The van der Waals surface area contributed by atoms with Gasteiger partial charge in [-0.1, -0.05) is 43.7 Å². The lowest BCUT2D eigenvalue weighted by Gasteiger charge is -2.07. The van der Waals surface area contributed by atoms with Crippen LogP contribution in [0.5, 0.6) is 5.75 Å². The quantitative estimate of drug-likeness (QED) is 0.706. The van der Waals surface area contributed by atoms with Gasteiger partial charge in [0.1, 0.15) is 0 Å². The lowest BCUT2D eigenvalue weighted by atomic mass is 10.1. The molecule has 0 aliphatic rings. The Morgan fingerprint density at radius 2 is 1.95 bits per heavy atom. The van der Waals surface area contributed by atoms with E-state index in [9.17, 15) is 0 Å². The molecule has 0 saturated heterocycles. The number of nitrogens with zero attached hydrogens (tertiary/aromatic N) is 2. The average molecular weight is 295 g/mol. The first kappa shape index (κ1) is 14.6. The van der Waals surface area contributed by atoms with Crippen LogP contribution in [0.25, 0.3) is 16.9 Å². The summed E-state index contributed by atoms with van der Waals surface area (Å²) in [5.41, 5.74) is 9.80. The lowest BCUT2D eigenvalue weighted by Crippen LogP contribution is -2.03. The van der Waals surface area contributed by atoms with Crippen LogP contribution in [0.2, 0.25) is 0 Å². The molecule has 1 aromatic carbocycles. The third-order valence-electron chi connectivity index (χ3n) is 3.71. The second-order valence-electron chi connectivity index (χ2n) is 5.25. The molecule has 4 nitrogen and oxygen atoms in total. The molecular formula is C18H21N3O. The first-order valence-electron chi connectivity index (χ1n) is 7.73. The molecular weight excluding hydrogens is 274 g/mol. The van der Waals surface area contributed by atoms with Crippen LogP contribution >= 0.6 is 0 Å². The molecule has 114 valence electrons. The summed E-state index contributed by atoms with van der Waals surface area (Å²) in [6.07, 6.45) is 4.14. The van der Waals surface area contributed by atoms with Crippen LogP contribution in [0.1, 0.15) is 25.5 Å². The van der Waals surface area contributed by atoms with Gasteiger partial charge < -0.3 is 10.5 Å². The molecule has 0 radical (unpaired) electrons. The van der Waals surface area contributed by atoms with Gasteiger partial charge in [0, 0.05) is 18.3 Å². The highest BCUT2D eigenvalue weighted by Gasteiger charge is 2.15. The zero-order valence-corrected chi connectivity index (χ0v) is 12.8. The molecule has 0 fully saturated rings. The number of nitrogens with two attached hydrogens (primary N) is 1. The van der Waals surface area contributed by atoms with Crippen molar-refractivity contribution in [2.24, 2.45) is 5.73 Å². The van der Waals surface area contributed by atoms with E-state index in [-0.39, 0.29) is 0 Å². The Balaban J connectivity index is 2.09. The number of rotatable bonds is 6. The van der Waals surface area contributed by atoms with Crippen LogP contribution in [0.15, 0.2) is 48.7 Å². The summed E-state index contributed by atoms with van der Waals surface area (Å²) in [7, 11) is 0. The molecule has 0 atom stereocenters. The number of unbranched alkanes of at least 4 members (excludes halogenated alkanes) is 1. The third-order valence-corrected chi connectivity index (χ3v) is 3.71. The van der Waals surface area contributed by atoms with Gasteiger partial charge in [-0.3, -0.25) is 4.40 Å². The number of hydrogen-bond acceptors (Lipinski definition) is 3. The van der Waals surface area contributed by atoms with E-state index in [1.54, 1.807) is 0 Å². The molecule has 4 heteroatoms. The molecule has 0 unspecified atom stereocenters. The first-order chi connectivity index (χ1) is 10.8. The zero-order chi connectivity index (χ0) is 15.4. The molecule has 0 amide bonds. The van der Waals surface area contributed by atoms with Crippen molar-refractivity contribution >= 4 is 5.65 Å². The Morgan fingerprint density at radius 3 is 2.68 bits per heavy atom. The van der Waals surface area contributed by atoms with Gasteiger partial charge in [-0.15, -0.1) is 0 Å². The molecule has 0 aliphatic carbocycles. The SMILES string of the molecule is CCCCOc1cccn2c(CN)c(-c3ccccc3)nc12. The van der Waals surface area contributed by atoms with Crippen molar-refractivity contribution in [2.75, 3.05) is 6.61 Å². The summed E-state index contributed by atoms with van der Waals surface area (Å²) in [4.78, 5) is 4.79. The molecule has 0 spiro atoms. The topological polar surface area (TPSA) is 52.5 Å². The predicted octanol–water partition coefficient (Wildman–Crippen LogP) is 3.64. The Morgan fingerprint density at radius 1 is 1.14 bits per heavy atom. The van der Waals surface area contributed by atoms with Gasteiger partial charge >= 0.3 is 0 Å². The fraction of sp³-hybridized carbons (Fsp3) is 0.278. The van der Waals surface area contributed by atoms with E-state index >= 15 is 0 Å². The highest BCUT2D eigenvalue weighted by Crippen LogP contribution is 2.28. The number of fused-ring (bicyclic) bond motifs is 1. The van der Waals surface area contributed by atoms with E-state index < -0.39 is 0 Å². The van der Waals surface area contributed by atoms with E-state index in [0.29, 0.717) is 13.2 Å². The lowest BCUT2D eigenvalue weighted by molar-refractivity contribution is 0.311. The maximum Gasteiger partial charge on any atom is 0.180 e. The highest BCUT2D eigenvalue weighted by molar-refractivity contribution is 5.69. The zero-order valence-electron chi connectivity index (χ0n) is 12.8. The van der Waals surface area contributed by atoms with Crippen molar-refractivity contribution < 1.29 is 4.74 Å². The van der Waals surface area contributed by atoms with Gasteiger partial charge in [0.25, 0.3) is 0 Å². The summed E-state index contributed by atoms with van der Waals surface area (Å²) in [5, 5.41) is 0. The number of pyridine rings is 1. The maximum absolute atomic E-state index is 5.97.